The van der Waals surface area contributed by atoms with Gasteiger partial charge in [-0.1, -0.05) is 6.07 Å². The van der Waals surface area contributed by atoms with Crippen LogP contribution in [0.25, 0.3) is 0 Å². The van der Waals surface area contributed by atoms with Gasteiger partial charge in [0.05, 0.1) is 0 Å². The Morgan fingerprint density at radius 1 is 1.53 bits per heavy atom. The maximum atomic E-state index is 3.49. The van der Waals surface area contributed by atoms with Crippen LogP contribution in [-0.2, 0) is 0 Å². The lowest BCUT2D eigenvalue weighted by Gasteiger charge is -2.12. The highest BCUT2D eigenvalue weighted by atomic mass is 32.2. The normalized spacial score (nSPS) is 20.5. The van der Waals surface area contributed by atoms with E-state index < -0.39 is 0 Å². The third-order valence-electron chi connectivity index (χ3n) is 2.78. The highest BCUT2D eigenvalue weighted by Gasteiger charge is 2.12. The first-order valence-corrected chi connectivity index (χ1v) is 6.72. The average Bonchev–Trinajstić information content (AvgIpc) is 2.79. The molecule has 0 amide bonds. The van der Waals surface area contributed by atoms with Crippen LogP contribution in [0, 0.1) is 0 Å². The van der Waals surface area contributed by atoms with Gasteiger partial charge in [0, 0.05) is 23.2 Å². The molecule has 2 rings (SSSR count). The van der Waals surface area contributed by atoms with Gasteiger partial charge in [-0.2, -0.15) is 0 Å². The van der Waals surface area contributed by atoms with E-state index in [4.69, 9.17) is 0 Å². The highest BCUT2D eigenvalue weighted by molar-refractivity contribution is 7.98. The minimum Gasteiger partial charge on any atom is -0.383 e. The third-order valence-corrected chi connectivity index (χ3v) is 3.51. The van der Waals surface area contributed by atoms with Gasteiger partial charge in [0.2, 0.25) is 0 Å². The van der Waals surface area contributed by atoms with Gasteiger partial charge in [0.1, 0.15) is 0 Å². The van der Waals surface area contributed by atoms with E-state index in [0.717, 1.165) is 6.54 Å². The van der Waals surface area contributed by atoms with Gasteiger partial charge in [0.25, 0.3) is 0 Å². The molecule has 1 aliphatic rings. The van der Waals surface area contributed by atoms with Crippen molar-refractivity contribution < 1.29 is 0 Å². The van der Waals surface area contributed by atoms with Crippen LogP contribution in [0.4, 0.5) is 5.69 Å². The predicted octanol–water partition coefficient (Wildman–Crippen LogP) is 2.57. The number of nitrogens with one attached hydrogen (secondary N) is 2. The average molecular weight is 222 g/mol. The van der Waals surface area contributed by atoms with Gasteiger partial charge < -0.3 is 10.6 Å². The summed E-state index contributed by atoms with van der Waals surface area (Å²) in [6.07, 6.45) is 4.73. The predicted molar refractivity (Wildman–Crippen MR) is 67.7 cm³/mol. The Morgan fingerprint density at radius 3 is 3.20 bits per heavy atom. The van der Waals surface area contributed by atoms with Crippen LogP contribution in [0.2, 0.25) is 0 Å². The van der Waals surface area contributed by atoms with E-state index in [0.29, 0.717) is 6.04 Å². The minimum absolute atomic E-state index is 0.655. The van der Waals surface area contributed by atoms with Crippen LogP contribution in [-0.4, -0.2) is 25.4 Å². The summed E-state index contributed by atoms with van der Waals surface area (Å²) in [5, 5.41) is 6.97. The second kappa shape index (κ2) is 5.42. The molecular weight excluding hydrogens is 204 g/mol. The minimum atomic E-state index is 0.655. The van der Waals surface area contributed by atoms with E-state index in [2.05, 4.69) is 41.2 Å². The van der Waals surface area contributed by atoms with Crippen LogP contribution < -0.4 is 10.6 Å². The van der Waals surface area contributed by atoms with E-state index in [1.165, 1.54) is 30.0 Å². The zero-order chi connectivity index (χ0) is 10.5. The van der Waals surface area contributed by atoms with E-state index in [9.17, 15) is 0 Å². The number of anilines is 1. The topological polar surface area (TPSA) is 24.1 Å². The van der Waals surface area contributed by atoms with Crippen molar-refractivity contribution in [2.45, 2.75) is 23.8 Å². The van der Waals surface area contributed by atoms with Crippen molar-refractivity contribution in [3.05, 3.63) is 24.3 Å². The van der Waals surface area contributed by atoms with E-state index in [1.807, 2.05) is 0 Å². The quantitative estimate of drug-likeness (QED) is 0.766. The first-order chi connectivity index (χ1) is 7.38. The zero-order valence-corrected chi connectivity index (χ0v) is 9.94. The van der Waals surface area contributed by atoms with Crippen molar-refractivity contribution in [1.29, 1.82) is 0 Å². The number of hydrogen-bond donors (Lipinski definition) is 2. The molecule has 0 bridgehead atoms. The first kappa shape index (κ1) is 10.8. The molecule has 1 unspecified atom stereocenters. The van der Waals surface area contributed by atoms with Gasteiger partial charge in [-0.3, -0.25) is 0 Å². The SMILES string of the molecule is CSc1cccc(NCC2CCCN2)c1. The largest absolute Gasteiger partial charge is 0.383 e. The van der Waals surface area contributed by atoms with E-state index in [1.54, 1.807) is 11.8 Å². The summed E-state index contributed by atoms with van der Waals surface area (Å²) in [7, 11) is 0. The number of rotatable bonds is 4. The fraction of sp³-hybridized carbons (Fsp3) is 0.500. The molecule has 0 spiro atoms. The van der Waals surface area contributed by atoms with Crippen molar-refractivity contribution in [2.75, 3.05) is 24.7 Å². The maximum absolute atomic E-state index is 3.49. The smallest absolute Gasteiger partial charge is 0.0351 e. The maximum Gasteiger partial charge on any atom is 0.0351 e. The molecule has 3 heteroatoms. The van der Waals surface area contributed by atoms with Crippen molar-refractivity contribution in [3.8, 4) is 0 Å². The molecule has 2 N–H and O–H groups in total. The Labute approximate surface area is 95.8 Å². The Morgan fingerprint density at radius 2 is 2.47 bits per heavy atom. The summed E-state index contributed by atoms with van der Waals surface area (Å²) in [6.45, 7) is 2.22. The lowest BCUT2D eigenvalue weighted by Crippen LogP contribution is -2.29. The fourth-order valence-electron chi connectivity index (χ4n) is 1.91. The molecule has 1 fully saturated rings. The molecule has 1 saturated heterocycles. The second-order valence-corrected chi connectivity index (χ2v) is 4.79. The molecule has 1 atom stereocenters. The summed E-state index contributed by atoms with van der Waals surface area (Å²) in [4.78, 5) is 1.32. The Bertz CT molecular complexity index is 308. The standard InChI is InChI=1S/C12H18N2S/c1-15-12-6-2-4-10(8-12)14-9-11-5-3-7-13-11/h2,4,6,8,11,13-14H,3,5,7,9H2,1H3. The zero-order valence-electron chi connectivity index (χ0n) is 9.12. The molecule has 0 radical (unpaired) electrons. The third kappa shape index (κ3) is 3.14. The van der Waals surface area contributed by atoms with E-state index in [-0.39, 0.29) is 0 Å². The molecule has 0 aromatic heterocycles. The van der Waals surface area contributed by atoms with Crippen LogP contribution in [0.1, 0.15) is 12.8 Å². The molecule has 82 valence electrons. The van der Waals surface area contributed by atoms with Crippen molar-refractivity contribution in [1.82, 2.24) is 5.32 Å². The summed E-state index contributed by atoms with van der Waals surface area (Å²) in [5.74, 6) is 0. The lowest BCUT2D eigenvalue weighted by molar-refractivity contribution is 0.633. The summed E-state index contributed by atoms with van der Waals surface area (Å²) in [6, 6.07) is 9.25. The van der Waals surface area contributed by atoms with Gasteiger partial charge in [0.15, 0.2) is 0 Å². The Balaban J connectivity index is 1.86. The van der Waals surface area contributed by atoms with Gasteiger partial charge in [-0.15, -0.1) is 11.8 Å². The van der Waals surface area contributed by atoms with Crippen molar-refractivity contribution in [2.24, 2.45) is 0 Å². The van der Waals surface area contributed by atoms with Crippen LogP contribution in [0.5, 0.6) is 0 Å². The molecule has 1 aliphatic heterocycles. The summed E-state index contributed by atoms with van der Waals surface area (Å²) >= 11 is 1.79. The molecule has 15 heavy (non-hydrogen) atoms. The highest BCUT2D eigenvalue weighted by Crippen LogP contribution is 2.19. The molecule has 0 saturated carbocycles. The first-order valence-electron chi connectivity index (χ1n) is 5.50. The number of thioether (sulfide) groups is 1. The lowest BCUT2D eigenvalue weighted by atomic mass is 10.2. The van der Waals surface area contributed by atoms with Gasteiger partial charge in [-0.05, 0) is 43.8 Å². The summed E-state index contributed by atoms with van der Waals surface area (Å²) < 4.78 is 0. The molecular formula is C12H18N2S. The Kier molecular flexibility index (Phi) is 3.92. The van der Waals surface area contributed by atoms with Crippen LogP contribution in [0.3, 0.4) is 0 Å². The number of benzene rings is 1. The summed E-state index contributed by atoms with van der Waals surface area (Å²) in [5.41, 5.74) is 1.23. The second-order valence-electron chi connectivity index (χ2n) is 3.91. The van der Waals surface area contributed by atoms with Crippen molar-refractivity contribution in [3.63, 3.8) is 0 Å². The molecule has 0 aliphatic carbocycles. The van der Waals surface area contributed by atoms with Gasteiger partial charge >= 0.3 is 0 Å². The fourth-order valence-corrected chi connectivity index (χ4v) is 2.36. The van der Waals surface area contributed by atoms with Crippen LogP contribution in [0.15, 0.2) is 29.2 Å². The number of hydrogen-bond acceptors (Lipinski definition) is 3. The molecule has 1 aromatic carbocycles. The van der Waals surface area contributed by atoms with Crippen molar-refractivity contribution >= 4 is 17.4 Å². The molecule has 1 heterocycles. The molecule has 2 nitrogen and oxygen atoms in total. The van der Waals surface area contributed by atoms with Crippen LogP contribution >= 0.6 is 11.8 Å². The monoisotopic (exact) mass is 222 g/mol. The van der Waals surface area contributed by atoms with E-state index >= 15 is 0 Å². The Hall–Kier alpha value is -0.670. The van der Waals surface area contributed by atoms with Gasteiger partial charge in [-0.25, -0.2) is 0 Å². The molecule has 1 aromatic rings.